The summed E-state index contributed by atoms with van der Waals surface area (Å²) in [6.07, 6.45) is 3.39. The summed E-state index contributed by atoms with van der Waals surface area (Å²) in [5.74, 6) is 0. The quantitative estimate of drug-likeness (QED) is 0.357. The van der Waals surface area contributed by atoms with Gasteiger partial charge in [0.05, 0.1) is 13.1 Å². The highest BCUT2D eigenvalue weighted by Crippen LogP contribution is 2.24. The van der Waals surface area contributed by atoms with Crippen molar-refractivity contribution in [3.05, 3.63) is 69.7 Å². The van der Waals surface area contributed by atoms with Gasteiger partial charge in [-0.3, -0.25) is 0 Å². The van der Waals surface area contributed by atoms with Crippen molar-refractivity contribution < 1.29 is 4.52 Å². The molecule has 0 N–H and O–H groups in total. The second kappa shape index (κ2) is 9.14. The predicted octanol–water partition coefficient (Wildman–Crippen LogP) is 6.08. The molecule has 20 heavy (non-hydrogen) atoms. The standard InChI is InChI=1S/C16H17BrIOP/c17-16-10-2-1-8-15(16)9-4-6-13-5-3-7-14(11-13)12-19-20-18/h1-3,5,7-8,10-11,20H,4,6,9,12H2. The van der Waals surface area contributed by atoms with Crippen LogP contribution >= 0.6 is 44.4 Å². The fourth-order valence-electron chi connectivity index (χ4n) is 2.17. The molecular weight excluding hydrogens is 446 g/mol. The first-order valence-corrected chi connectivity index (χ1v) is 11.4. The van der Waals surface area contributed by atoms with Crippen LogP contribution in [0.1, 0.15) is 23.1 Å². The molecule has 0 bridgehead atoms. The Labute approximate surface area is 144 Å². The van der Waals surface area contributed by atoms with Crippen molar-refractivity contribution in [3.8, 4) is 0 Å². The van der Waals surface area contributed by atoms with Gasteiger partial charge in [0.15, 0.2) is 0 Å². The van der Waals surface area contributed by atoms with Crippen molar-refractivity contribution in [3.63, 3.8) is 0 Å². The van der Waals surface area contributed by atoms with Crippen LogP contribution in [0.3, 0.4) is 0 Å². The highest BCUT2D eigenvalue weighted by molar-refractivity contribution is 14.2. The third-order valence-corrected chi connectivity index (χ3v) is 5.12. The van der Waals surface area contributed by atoms with Crippen molar-refractivity contribution in [1.29, 1.82) is 0 Å². The van der Waals surface area contributed by atoms with E-state index in [1.165, 1.54) is 27.6 Å². The van der Waals surface area contributed by atoms with Crippen molar-refractivity contribution in [2.24, 2.45) is 0 Å². The summed E-state index contributed by atoms with van der Waals surface area (Å²) in [5.41, 5.74) is 4.06. The van der Waals surface area contributed by atoms with E-state index in [9.17, 15) is 0 Å². The lowest BCUT2D eigenvalue weighted by molar-refractivity contribution is 0.360. The molecule has 0 aliphatic rings. The monoisotopic (exact) mass is 462 g/mol. The molecule has 0 aliphatic carbocycles. The summed E-state index contributed by atoms with van der Waals surface area (Å²) in [5, 5.41) is 0. The van der Waals surface area contributed by atoms with Crippen molar-refractivity contribution in [1.82, 2.24) is 0 Å². The van der Waals surface area contributed by atoms with Crippen LogP contribution in [0.4, 0.5) is 0 Å². The summed E-state index contributed by atoms with van der Waals surface area (Å²) in [6, 6.07) is 17.2. The molecule has 0 heterocycles. The van der Waals surface area contributed by atoms with Gasteiger partial charge in [-0.15, -0.1) is 0 Å². The third kappa shape index (κ3) is 5.44. The number of benzene rings is 2. The van der Waals surface area contributed by atoms with Gasteiger partial charge in [0.25, 0.3) is 0 Å². The van der Waals surface area contributed by atoms with Crippen molar-refractivity contribution in [2.45, 2.75) is 25.9 Å². The van der Waals surface area contributed by atoms with E-state index in [0.29, 0.717) is 6.45 Å². The number of aryl methyl sites for hydroxylation is 2. The Balaban J connectivity index is 1.86. The molecule has 1 unspecified atom stereocenters. The van der Waals surface area contributed by atoms with Gasteiger partial charge in [0.1, 0.15) is 0 Å². The number of hydrogen-bond acceptors (Lipinski definition) is 1. The molecule has 0 fully saturated rings. The molecule has 2 aromatic rings. The summed E-state index contributed by atoms with van der Waals surface area (Å²) in [7, 11) is 0. The zero-order chi connectivity index (χ0) is 14.2. The third-order valence-electron chi connectivity index (χ3n) is 3.15. The van der Waals surface area contributed by atoms with Crippen molar-refractivity contribution in [2.75, 3.05) is 0 Å². The SMILES string of the molecule is Brc1ccccc1CCCc1cccc(COPI)c1. The molecule has 0 amide bonds. The largest absolute Gasteiger partial charge is 0.347 e. The maximum Gasteiger partial charge on any atom is 0.0798 e. The molecule has 0 aromatic heterocycles. The normalized spacial score (nSPS) is 11.3. The second-order valence-corrected chi connectivity index (χ2v) is 7.25. The smallest absolute Gasteiger partial charge is 0.0798 e. The first-order chi connectivity index (χ1) is 9.79. The van der Waals surface area contributed by atoms with Gasteiger partial charge in [0, 0.05) is 4.47 Å². The fraction of sp³-hybridized carbons (Fsp3) is 0.250. The van der Waals surface area contributed by atoms with E-state index >= 15 is 0 Å². The number of rotatable bonds is 7. The Morgan fingerprint density at radius 1 is 1.00 bits per heavy atom. The predicted molar refractivity (Wildman–Crippen MR) is 99.7 cm³/mol. The van der Waals surface area contributed by atoms with Crippen LogP contribution in [0.25, 0.3) is 0 Å². The Bertz CT molecular complexity index is 548. The van der Waals surface area contributed by atoms with E-state index in [0.717, 1.165) is 19.4 Å². The van der Waals surface area contributed by atoms with E-state index in [2.05, 4.69) is 86.5 Å². The average Bonchev–Trinajstić information content (AvgIpc) is 2.48. The minimum absolute atomic E-state index is 0.526. The minimum atomic E-state index is 0.526. The molecule has 1 nitrogen and oxygen atoms in total. The second-order valence-electron chi connectivity index (χ2n) is 4.63. The first kappa shape index (κ1) is 16.4. The van der Waals surface area contributed by atoms with Crippen LogP contribution in [0.15, 0.2) is 53.0 Å². The van der Waals surface area contributed by atoms with Crippen LogP contribution in [0.5, 0.6) is 0 Å². The van der Waals surface area contributed by atoms with Crippen LogP contribution < -0.4 is 0 Å². The molecular formula is C16H17BrIOP. The molecule has 2 rings (SSSR count). The van der Waals surface area contributed by atoms with E-state index in [4.69, 9.17) is 4.52 Å². The van der Waals surface area contributed by atoms with Crippen LogP contribution in [0, 0.1) is 0 Å². The highest BCUT2D eigenvalue weighted by atomic mass is 127. The summed E-state index contributed by atoms with van der Waals surface area (Å²) in [6.45, 7) is 1.25. The Morgan fingerprint density at radius 3 is 2.60 bits per heavy atom. The van der Waals surface area contributed by atoms with Crippen LogP contribution in [0.2, 0.25) is 0 Å². The summed E-state index contributed by atoms with van der Waals surface area (Å²) >= 11 is 5.86. The van der Waals surface area contributed by atoms with E-state index in [1.807, 2.05) is 0 Å². The minimum Gasteiger partial charge on any atom is -0.347 e. The number of hydrogen-bond donors (Lipinski definition) is 0. The maximum absolute atomic E-state index is 5.47. The first-order valence-electron chi connectivity index (χ1n) is 6.58. The Morgan fingerprint density at radius 2 is 1.80 bits per heavy atom. The number of halogens is 2. The highest BCUT2D eigenvalue weighted by Gasteiger charge is 2.00. The molecule has 2 aromatic carbocycles. The maximum atomic E-state index is 5.47. The Hall–Kier alpha value is 0.0400. The van der Waals surface area contributed by atoms with Crippen molar-refractivity contribution >= 4 is 44.4 Å². The lowest BCUT2D eigenvalue weighted by Crippen LogP contribution is -1.93. The fourth-order valence-corrected chi connectivity index (χ4v) is 3.34. The molecule has 0 aliphatic heterocycles. The zero-order valence-corrected chi connectivity index (χ0v) is 15.9. The van der Waals surface area contributed by atoms with Gasteiger partial charge in [-0.1, -0.05) is 58.4 Å². The summed E-state index contributed by atoms with van der Waals surface area (Å²) in [4.78, 5) is 0. The van der Waals surface area contributed by atoms with Gasteiger partial charge >= 0.3 is 0 Å². The van der Waals surface area contributed by atoms with Gasteiger partial charge in [-0.05, 0) is 64.1 Å². The molecule has 4 heteroatoms. The lowest BCUT2D eigenvalue weighted by atomic mass is 10.0. The molecule has 1 atom stereocenters. The molecule has 0 radical (unpaired) electrons. The van der Waals surface area contributed by atoms with E-state index < -0.39 is 0 Å². The van der Waals surface area contributed by atoms with Crippen LogP contribution in [-0.2, 0) is 24.0 Å². The van der Waals surface area contributed by atoms with Gasteiger partial charge < -0.3 is 4.52 Å². The molecule has 0 saturated heterocycles. The molecule has 0 spiro atoms. The molecule has 0 saturated carbocycles. The molecule has 106 valence electrons. The zero-order valence-electron chi connectivity index (χ0n) is 11.1. The van der Waals surface area contributed by atoms with Gasteiger partial charge in [-0.2, -0.15) is 0 Å². The summed E-state index contributed by atoms with van der Waals surface area (Å²) < 4.78 is 6.69. The Kier molecular flexibility index (Phi) is 7.50. The topological polar surface area (TPSA) is 9.23 Å². The van der Waals surface area contributed by atoms with E-state index in [-0.39, 0.29) is 0 Å². The average molecular weight is 463 g/mol. The lowest BCUT2D eigenvalue weighted by Gasteiger charge is -2.06. The van der Waals surface area contributed by atoms with E-state index in [1.54, 1.807) is 0 Å². The van der Waals surface area contributed by atoms with Crippen LogP contribution in [-0.4, -0.2) is 0 Å². The van der Waals surface area contributed by atoms with Gasteiger partial charge in [-0.25, -0.2) is 0 Å². The van der Waals surface area contributed by atoms with Gasteiger partial charge in [0.2, 0.25) is 0 Å².